The molecule has 1 fully saturated rings. The molecule has 7 heteroatoms. The van der Waals surface area contributed by atoms with Gasteiger partial charge in [0.1, 0.15) is 11.6 Å². The SMILES string of the molecule is COCCn1c(SCC(=O)OC2CCCCC2)nc2cccnc21. The molecule has 24 heavy (non-hydrogen) atoms. The molecule has 3 rings (SSSR count). The highest BCUT2D eigenvalue weighted by molar-refractivity contribution is 7.99. The summed E-state index contributed by atoms with van der Waals surface area (Å²) in [6, 6.07) is 3.79. The quantitative estimate of drug-likeness (QED) is 0.565. The normalized spacial score (nSPS) is 15.7. The molecule has 1 aliphatic carbocycles. The lowest BCUT2D eigenvalue weighted by atomic mass is 9.98. The Kier molecular flexibility index (Phi) is 6.09. The van der Waals surface area contributed by atoms with E-state index in [4.69, 9.17) is 9.47 Å². The molecule has 6 nitrogen and oxygen atoms in total. The Balaban J connectivity index is 1.64. The molecule has 0 aliphatic heterocycles. The maximum Gasteiger partial charge on any atom is 0.316 e. The molecule has 130 valence electrons. The van der Waals surface area contributed by atoms with Crippen LogP contribution < -0.4 is 0 Å². The molecule has 0 unspecified atom stereocenters. The van der Waals surface area contributed by atoms with Gasteiger partial charge >= 0.3 is 5.97 Å². The van der Waals surface area contributed by atoms with Gasteiger partial charge in [-0.05, 0) is 37.8 Å². The van der Waals surface area contributed by atoms with Crippen molar-refractivity contribution in [3.63, 3.8) is 0 Å². The zero-order valence-corrected chi connectivity index (χ0v) is 14.8. The van der Waals surface area contributed by atoms with Gasteiger partial charge < -0.3 is 14.0 Å². The second-order valence-electron chi connectivity index (χ2n) is 5.92. The minimum absolute atomic E-state index is 0.0980. The van der Waals surface area contributed by atoms with Crippen LogP contribution in [-0.4, -0.2) is 46.1 Å². The Morgan fingerprint density at radius 2 is 2.21 bits per heavy atom. The van der Waals surface area contributed by atoms with E-state index in [1.807, 2.05) is 16.7 Å². The van der Waals surface area contributed by atoms with Crippen LogP contribution in [0.5, 0.6) is 0 Å². The summed E-state index contributed by atoms with van der Waals surface area (Å²) in [6.45, 7) is 1.23. The van der Waals surface area contributed by atoms with E-state index in [2.05, 4.69) is 9.97 Å². The summed E-state index contributed by atoms with van der Waals surface area (Å²) < 4.78 is 12.7. The van der Waals surface area contributed by atoms with E-state index < -0.39 is 0 Å². The molecule has 0 atom stereocenters. The Labute approximate surface area is 145 Å². The first-order chi connectivity index (χ1) is 11.8. The van der Waals surface area contributed by atoms with Crippen LogP contribution in [0.25, 0.3) is 11.2 Å². The van der Waals surface area contributed by atoms with Crippen LogP contribution in [0, 0.1) is 0 Å². The fourth-order valence-corrected chi connectivity index (χ4v) is 3.77. The largest absolute Gasteiger partial charge is 0.462 e. The van der Waals surface area contributed by atoms with E-state index in [9.17, 15) is 4.79 Å². The maximum atomic E-state index is 12.1. The van der Waals surface area contributed by atoms with Gasteiger partial charge in [0.25, 0.3) is 0 Å². The summed E-state index contributed by atoms with van der Waals surface area (Å²) in [4.78, 5) is 21.1. The van der Waals surface area contributed by atoms with Gasteiger partial charge in [0, 0.05) is 13.3 Å². The number of fused-ring (bicyclic) bond motifs is 1. The Morgan fingerprint density at radius 1 is 1.38 bits per heavy atom. The van der Waals surface area contributed by atoms with Crippen molar-refractivity contribution in [2.45, 2.75) is 49.9 Å². The Morgan fingerprint density at radius 3 is 3.00 bits per heavy atom. The van der Waals surface area contributed by atoms with Gasteiger partial charge in [-0.25, -0.2) is 9.97 Å². The number of nitrogens with zero attached hydrogens (tertiary/aromatic N) is 3. The highest BCUT2D eigenvalue weighted by Gasteiger charge is 2.19. The fraction of sp³-hybridized carbons (Fsp3) is 0.588. The van der Waals surface area contributed by atoms with Crippen molar-refractivity contribution in [3.8, 4) is 0 Å². The van der Waals surface area contributed by atoms with Gasteiger partial charge in [0.15, 0.2) is 10.8 Å². The summed E-state index contributed by atoms with van der Waals surface area (Å²) in [5.74, 6) is 0.109. The third kappa shape index (κ3) is 4.27. The summed E-state index contributed by atoms with van der Waals surface area (Å²) in [7, 11) is 1.67. The van der Waals surface area contributed by atoms with Crippen molar-refractivity contribution in [2.24, 2.45) is 0 Å². The molecule has 0 amide bonds. The van der Waals surface area contributed by atoms with Crippen LogP contribution in [0.15, 0.2) is 23.5 Å². The highest BCUT2D eigenvalue weighted by Crippen LogP contribution is 2.24. The Bertz CT molecular complexity index is 683. The number of aromatic nitrogens is 3. The zero-order chi connectivity index (χ0) is 16.8. The molecule has 2 heterocycles. The number of hydrogen-bond acceptors (Lipinski definition) is 6. The van der Waals surface area contributed by atoms with Gasteiger partial charge in [0.2, 0.25) is 0 Å². The molecular formula is C17H23N3O3S. The van der Waals surface area contributed by atoms with Gasteiger partial charge in [-0.3, -0.25) is 4.79 Å². The predicted molar refractivity (Wildman–Crippen MR) is 93.1 cm³/mol. The van der Waals surface area contributed by atoms with Crippen LogP contribution in [-0.2, 0) is 20.8 Å². The van der Waals surface area contributed by atoms with E-state index in [1.165, 1.54) is 18.2 Å². The van der Waals surface area contributed by atoms with Gasteiger partial charge in [0.05, 0.1) is 18.9 Å². The average Bonchev–Trinajstić information content (AvgIpc) is 2.96. The van der Waals surface area contributed by atoms with Gasteiger partial charge in [-0.1, -0.05) is 18.2 Å². The first kappa shape index (κ1) is 17.2. The smallest absolute Gasteiger partial charge is 0.316 e. The Hall–Kier alpha value is -1.60. The second kappa shape index (κ2) is 8.48. The van der Waals surface area contributed by atoms with Crippen molar-refractivity contribution in [1.82, 2.24) is 14.5 Å². The molecule has 2 aromatic heterocycles. The number of imidazole rings is 1. The molecule has 0 radical (unpaired) electrons. The highest BCUT2D eigenvalue weighted by atomic mass is 32.2. The van der Waals surface area contributed by atoms with Crippen molar-refractivity contribution in [2.75, 3.05) is 19.5 Å². The monoisotopic (exact) mass is 349 g/mol. The zero-order valence-electron chi connectivity index (χ0n) is 13.9. The standard InChI is InChI=1S/C17H23N3O3S/c1-22-11-10-20-16-14(8-5-9-18-16)19-17(20)24-12-15(21)23-13-6-3-2-4-7-13/h5,8-9,13H,2-4,6-7,10-12H2,1H3. The maximum absolute atomic E-state index is 12.1. The summed E-state index contributed by atoms with van der Waals surface area (Å²) >= 11 is 1.40. The summed E-state index contributed by atoms with van der Waals surface area (Å²) in [5, 5.41) is 0.779. The lowest BCUT2D eigenvalue weighted by molar-refractivity contribution is -0.147. The topological polar surface area (TPSA) is 66.2 Å². The summed E-state index contributed by atoms with van der Waals surface area (Å²) in [6.07, 6.45) is 7.39. The van der Waals surface area contributed by atoms with Gasteiger partial charge in [-0.2, -0.15) is 0 Å². The first-order valence-electron chi connectivity index (χ1n) is 8.40. The number of esters is 1. The van der Waals surface area contributed by atoms with Crippen molar-refractivity contribution in [1.29, 1.82) is 0 Å². The van der Waals surface area contributed by atoms with Crippen molar-refractivity contribution >= 4 is 28.9 Å². The first-order valence-corrected chi connectivity index (χ1v) is 9.39. The summed E-state index contributed by atoms with van der Waals surface area (Å²) in [5.41, 5.74) is 1.65. The third-order valence-electron chi connectivity index (χ3n) is 4.16. The fourth-order valence-electron chi connectivity index (χ4n) is 2.96. The van der Waals surface area contributed by atoms with Crippen LogP contribution >= 0.6 is 11.8 Å². The van der Waals surface area contributed by atoms with Gasteiger partial charge in [-0.15, -0.1) is 0 Å². The van der Waals surface area contributed by atoms with Crippen molar-refractivity contribution < 1.29 is 14.3 Å². The third-order valence-corrected chi connectivity index (χ3v) is 5.11. The number of ether oxygens (including phenoxy) is 2. The lowest BCUT2D eigenvalue weighted by Gasteiger charge is -2.21. The molecule has 0 bridgehead atoms. The molecule has 0 N–H and O–H groups in total. The minimum Gasteiger partial charge on any atom is -0.462 e. The second-order valence-corrected chi connectivity index (χ2v) is 6.87. The van der Waals surface area contributed by atoms with Crippen LogP contribution in [0.2, 0.25) is 0 Å². The van der Waals surface area contributed by atoms with E-state index in [1.54, 1.807) is 13.3 Å². The number of hydrogen-bond donors (Lipinski definition) is 0. The minimum atomic E-state index is -0.162. The predicted octanol–water partition coefficient (Wildman–Crippen LogP) is 3.05. The van der Waals surface area contributed by atoms with Crippen LogP contribution in [0.4, 0.5) is 0 Å². The molecular weight excluding hydrogens is 326 g/mol. The van der Waals surface area contributed by atoms with E-state index in [0.29, 0.717) is 13.2 Å². The average molecular weight is 349 g/mol. The molecule has 0 spiro atoms. The number of thioether (sulfide) groups is 1. The number of methoxy groups -OCH3 is 1. The van der Waals surface area contributed by atoms with E-state index >= 15 is 0 Å². The number of rotatable bonds is 7. The van der Waals surface area contributed by atoms with Crippen LogP contribution in [0.3, 0.4) is 0 Å². The van der Waals surface area contributed by atoms with Crippen molar-refractivity contribution in [3.05, 3.63) is 18.3 Å². The molecule has 0 aromatic carbocycles. The molecule has 1 saturated carbocycles. The number of pyridine rings is 1. The number of carbonyl (C=O) groups excluding carboxylic acids is 1. The molecule has 0 saturated heterocycles. The number of carbonyl (C=O) groups is 1. The molecule has 1 aliphatic rings. The lowest BCUT2D eigenvalue weighted by Crippen LogP contribution is -2.22. The van der Waals surface area contributed by atoms with Crippen LogP contribution in [0.1, 0.15) is 32.1 Å². The van der Waals surface area contributed by atoms with E-state index in [-0.39, 0.29) is 17.8 Å². The van der Waals surface area contributed by atoms with E-state index in [0.717, 1.165) is 42.0 Å². The molecule has 2 aromatic rings.